The van der Waals surface area contributed by atoms with Crippen molar-refractivity contribution < 1.29 is 0 Å². The van der Waals surface area contributed by atoms with E-state index in [4.69, 9.17) is 5.26 Å². The van der Waals surface area contributed by atoms with Crippen molar-refractivity contribution in [1.29, 1.82) is 5.26 Å². The van der Waals surface area contributed by atoms with Gasteiger partial charge >= 0.3 is 0 Å². The number of rotatable bonds is 4. The Morgan fingerprint density at radius 2 is 2.44 bits per heavy atom. The van der Waals surface area contributed by atoms with Gasteiger partial charge in [-0.3, -0.25) is 0 Å². The van der Waals surface area contributed by atoms with Crippen molar-refractivity contribution in [1.82, 2.24) is 5.32 Å². The van der Waals surface area contributed by atoms with Crippen LogP contribution in [-0.4, -0.2) is 6.54 Å². The van der Waals surface area contributed by atoms with E-state index >= 15 is 0 Å². The summed E-state index contributed by atoms with van der Waals surface area (Å²) in [5.74, 6) is 0. The van der Waals surface area contributed by atoms with Gasteiger partial charge in [-0.25, -0.2) is 0 Å². The van der Waals surface area contributed by atoms with Crippen LogP contribution < -0.4 is 5.32 Å². The third-order valence-corrected chi connectivity index (χ3v) is 0.872. The lowest BCUT2D eigenvalue weighted by Gasteiger charge is -1.87. The van der Waals surface area contributed by atoms with E-state index in [0.29, 0.717) is 6.54 Å². The molecule has 0 bridgehead atoms. The van der Waals surface area contributed by atoms with Gasteiger partial charge in [0.1, 0.15) is 6.54 Å². The summed E-state index contributed by atoms with van der Waals surface area (Å²) in [7, 11) is 0. The topological polar surface area (TPSA) is 35.8 Å². The molecule has 50 valence electrons. The van der Waals surface area contributed by atoms with Crippen LogP contribution >= 0.6 is 0 Å². The third-order valence-electron chi connectivity index (χ3n) is 0.872. The fraction of sp³-hybridized carbons (Fsp3) is 0.571. The van der Waals surface area contributed by atoms with Crippen molar-refractivity contribution in [3.63, 3.8) is 0 Å². The fourth-order valence-corrected chi connectivity index (χ4v) is 0.438. The number of nitrogens with one attached hydrogen (secondary N) is 1. The van der Waals surface area contributed by atoms with Gasteiger partial charge in [-0.1, -0.05) is 19.4 Å². The fourth-order valence-electron chi connectivity index (χ4n) is 0.438. The highest BCUT2D eigenvalue weighted by Crippen LogP contribution is 1.85. The van der Waals surface area contributed by atoms with Gasteiger partial charge in [-0.15, -0.1) is 0 Å². The second-order valence-corrected chi connectivity index (χ2v) is 1.73. The first kappa shape index (κ1) is 8.03. The normalized spacial score (nSPS) is 9.33. The van der Waals surface area contributed by atoms with E-state index in [1.165, 1.54) is 0 Å². The third kappa shape index (κ3) is 7.03. The van der Waals surface area contributed by atoms with Crippen LogP contribution in [0.2, 0.25) is 0 Å². The lowest BCUT2D eigenvalue weighted by atomic mass is 10.3. The molecule has 0 saturated carbocycles. The van der Waals surface area contributed by atoms with E-state index in [2.05, 4.69) is 12.2 Å². The zero-order valence-corrected chi connectivity index (χ0v) is 5.72. The van der Waals surface area contributed by atoms with Crippen molar-refractivity contribution in [3.05, 3.63) is 12.3 Å². The Morgan fingerprint density at radius 3 is 3.00 bits per heavy atom. The molecule has 9 heavy (non-hydrogen) atoms. The van der Waals surface area contributed by atoms with Gasteiger partial charge in [0, 0.05) is 0 Å². The van der Waals surface area contributed by atoms with Crippen LogP contribution in [0.3, 0.4) is 0 Å². The van der Waals surface area contributed by atoms with Gasteiger partial charge in [0.15, 0.2) is 0 Å². The summed E-state index contributed by atoms with van der Waals surface area (Å²) in [4.78, 5) is 0. The van der Waals surface area contributed by atoms with Gasteiger partial charge < -0.3 is 5.32 Å². The van der Waals surface area contributed by atoms with E-state index in [0.717, 1.165) is 12.8 Å². The molecule has 0 rings (SSSR count). The average molecular weight is 124 g/mol. The summed E-state index contributed by atoms with van der Waals surface area (Å²) in [6.07, 6.45) is 6.09. The monoisotopic (exact) mass is 124 g/mol. The van der Waals surface area contributed by atoms with Crippen LogP contribution in [0.15, 0.2) is 12.3 Å². The summed E-state index contributed by atoms with van der Waals surface area (Å²) < 4.78 is 0. The molecule has 0 saturated heterocycles. The Balaban J connectivity index is 2.97. The zero-order valence-electron chi connectivity index (χ0n) is 5.72. The summed E-state index contributed by atoms with van der Waals surface area (Å²) in [6.45, 7) is 2.52. The Hall–Kier alpha value is -0.970. The van der Waals surface area contributed by atoms with Crippen molar-refractivity contribution in [2.75, 3.05) is 6.54 Å². The molecule has 0 aliphatic rings. The van der Waals surface area contributed by atoms with Crippen LogP contribution in [0.1, 0.15) is 19.8 Å². The van der Waals surface area contributed by atoms with Crippen LogP contribution in [0.4, 0.5) is 0 Å². The highest BCUT2D eigenvalue weighted by molar-refractivity contribution is 4.83. The molecule has 0 atom stereocenters. The molecule has 0 fully saturated rings. The minimum atomic E-state index is 0.403. The first-order valence-electron chi connectivity index (χ1n) is 3.17. The molecule has 0 aromatic heterocycles. The van der Waals surface area contributed by atoms with Crippen molar-refractivity contribution in [2.45, 2.75) is 19.8 Å². The van der Waals surface area contributed by atoms with E-state index in [1.54, 1.807) is 0 Å². The van der Waals surface area contributed by atoms with Crippen LogP contribution in [-0.2, 0) is 0 Å². The standard InChI is InChI=1S/C7H12N2/c1-2-3-4-6-9-7-5-8/h4,6,9H,2-3,7H2,1H3/b6-4+. The Labute approximate surface area is 56.2 Å². The molecule has 0 aromatic carbocycles. The number of nitriles is 1. The largest absolute Gasteiger partial charge is 0.379 e. The first-order chi connectivity index (χ1) is 4.41. The number of hydrogen-bond donors (Lipinski definition) is 1. The molecule has 0 unspecified atom stereocenters. The van der Waals surface area contributed by atoms with Crippen LogP contribution in [0.5, 0.6) is 0 Å². The molecule has 0 aliphatic carbocycles. The maximum atomic E-state index is 8.08. The van der Waals surface area contributed by atoms with E-state index in [9.17, 15) is 0 Å². The maximum Gasteiger partial charge on any atom is 0.102 e. The predicted octanol–water partition coefficient (Wildman–Crippen LogP) is 1.41. The molecule has 0 radical (unpaired) electrons. The molecular formula is C7H12N2. The Bertz CT molecular complexity index is 111. The Kier molecular flexibility index (Phi) is 6.27. The van der Waals surface area contributed by atoms with Gasteiger partial charge in [0.05, 0.1) is 6.07 Å². The predicted molar refractivity (Wildman–Crippen MR) is 37.7 cm³/mol. The van der Waals surface area contributed by atoms with E-state index in [-0.39, 0.29) is 0 Å². The minimum absolute atomic E-state index is 0.403. The number of unbranched alkanes of at least 4 members (excludes halogenated alkanes) is 1. The van der Waals surface area contributed by atoms with E-state index in [1.807, 2.05) is 18.3 Å². The lowest BCUT2D eigenvalue weighted by molar-refractivity contribution is 0.927. The molecule has 0 aliphatic heterocycles. The second kappa shape index (κ2) is 7.03. The van der Waals surface area contributed by atoms with Crippen molar-refractivity contribution >= 4 is 0 Å². The maximum absolute atomic E-state index is 8.08. The number of nitrogens with zero attached hydrogens (tertiary/aromatic N) is 1. The van der Waals surface area contributed by atoms with Crippen molar-refractivity contribution in [2.24, 2.45) is 0 Å². The zero-order chi connectivity index (χ0) is 6.95. The molecule has 2 nitrogen and oxygen atoms in total. The Morgan fingerprint density at radius 1 is 1.67 bits per heavy atom. The van der Waals surface area contributed by atoms with Gasteiger partial charge in [0.2, 0.25) is 0 Å². The smallest absolute Gasteiger partial charge is 0.102 e. The van der Waals surface area contributed by atoms with Crippen molar-refractivity contribution in [3.8, 4) is 6.07 Å². The highest BCUT2D eigenvalue weighted by Gasteiger charge is 1.72. The summed E-state index contributed by atoms with van der Waals surface area (Å²) in [6, 6.07) is 1.98. The van der Waals surface area contributed by atoms with E-state index < -0.39 is 0 Å². The molecular weight excluding hydrogens is 112 g/mol. The van der Waals surface area contributed by atoms with Crippen LogP contribution in [0, 0.1) is 11.3 Å². The minimum Gasteiger partial charge on any atom is -0.379 e. The highest BCUT2D eigenvalue weighted by atomic mass is 14.8. The van der Waals surface area contributed by atoms with Gasteiger partial charge in [-0.05, 0) is 12.6 Å². The number of allylic oxidation sites excluding steroid dienone is 1. The molecule has 2 heteroatoms. The van der Waals surface area contributed by atoms with Crippen LogP contribution in [0.25, 0.3) is 0 Å². The lowest BCUT2D eigenvalue weighted by Crippen LogP contribution is -2.02. The van der Waals surface area contributed by atoms with Gasteiger partial charge in [0.25, 0.3) is 0 Å². The summed E-state index contributed by atoms with van der Waals surface area (Å²) >= 11 is 0. The number of hydrogen-bond acceptors (Lipinski definition) is 2. The quantitative estimate of drug-likeness (QED) is 0.454. The summed E-state index contributed by atoms with van der Waals surface area (Å²) in [5, 5.41) is 10.9. The average Bonchev–Trinajstić information content (AvgIpc) is 1.89. The summed E-state index contributed by atoms with van der Waals surface area (Å²) in [5.41, 5.74) is 0. The molecule has 1 N–H and O–H groups in total. The van der Waals surface area contributed by atoms with Gasteiger partial charge in [-0.2, -0.15) is 5.26 Å². The molecule has 0 amide bonds. The first-order valence-corrected chi connectivity index (χ1v) is 3.17. The molecule has 0 aromatic rings. The molecule has 0 spiro atoms. The molecule has 0 heterocycles. The SMILES string of the molecule is CCC/C=C/NCC#N. The second-order valence-electron chi connectivity index (χ2n) is 1.73.